The molecular weight excluding hydrogens is 250 g/mol. The lowest BCUT2D eigenvalue weighted by atomic mass is 10.2. The molecule has 0 aliphatic carbocycles. The van der Waals surface area contributed by atoms with Gasteiger partial charge < -0.3 is 10.6 Å². The summed E-state index contributed by atoms with van der Waals surface area (Å²) in [7, 11) is 0. The van der Waals surface area contributed by atoms with Gasteiger partial charge in [0.25, 0.3) is 0 Å². The smallest absolute Gasteiger partial charge is 0.230 e. The molecule has 0 radical (unpaired) electrons. The molecule has 0 fully saturated rings. The van der Waals surface area contributed by atoms with Crippen LogP contribution in [0.4, 0.5) is 5.69 Å². The third kappa shape index (κ3) is 4.48. The molecule has 1 aromatic carbocycles. The predicted molar refractivity (Wildman–Crippen MR) is 80.4 cm³/mol. The minimum atomic E-state index is -0.0516. The average molecular weight is 269 g/mol. The Kier molecular flexibility index (Phi) is 5.26. The fourth-order valence-electron chi connectivity index (χ4n) is 1.90. The van der Waals surface area contributed by atoms with Gasteiger partial charge in [-0.1, -0.05) is 25.1 Å². The van der Waals surface area contributed by atoms with Gasteiger partial charge in [-0.2, -0.15) is 0 Å². The van der Waals surface area contributed by atoms with Crippen molar-refractivity contribution in [2.24, 2.45) is 0 Å². The van der Waals surface area contributed by atoms with Crippen molar-refractivity contribution in [3.63, 3.8) is 0 Å². The number of pyridine rings is 1. The van der Waals surface area contributed by atoms with Crippen LogP contribution in [0.3, 0.4) is 0 Å². The lowest BCUT2D eigenvalue weighted by molar-refractivity contribution is -0.115. The molecule has 0 unspecified atom stereocenters. The van der Waals surface area contributed by atoms with Crippen LogP contribution < -0.4 is 10.6 Å². The summed E-state index contributed by atoms with van der Waals surface area (Å²) in [5.74, 6) is -0.0516. The molecule has 0 bridgehead atoms. The SMILES string of the molecule is CCNCc1cccc(NC(=O)Cc2ccccn2)c1. The van der Waals surface area contributed by atoms with E-state index in [0.717, 1.165) is 30.0 Å². The first-order valence-electron chi connectivity index (χ1n) is 6.77. The molecule has 0 spiro atoms. The fraction of sp³-hybridized carbons (Fsp3) is 0.250. The molecule has 104 valence electrons. The summed E-state index contributed by atoms with van der Waals surface area (Å²) >= 11 is 0. The molecule has 0 aliphatic rings. The number of carbonyl (C=O) groups is 1. The molecule has 2 aromatic rings. The van der Waals surface area contributed by atoms with Gasteiger partial charge in [0.2, 0.25) is 5.91 Å². The summed E-state index contributed by atoms with van der Waals surface area (Å²) in [4.78, 5) is 16.1. The maximum absolute atomic E-state index is 11.9. The highest BCUT2D eigenvalue weighted by Crippen LogP contribution is 2.11. The molecule has 2 rings (SSSR count). The van der Waals surface area contributed by atoms with Crippen molar-refractivity contribution in [2.75, 3.05) is 11.9 Å². The first-order valence-corrected chi connectivity index (χ1v) is 6.77. The molecule has 2 N–H and O–H groups in total. The van der Waals surface area contributed by atoms with Crippen LogP contribution in [0.25, 0.3) is 0 Å². The first-order chi connectivity index (χ1) is 9.78. The van der Waals surface area contributed by atoms with Gasteiger partial charge in [0.1, 0.15) is 0 Å². The second-order valence-electron chi connectivity index (χ2n) is 4.53. The number of carbonyl (C=O) groups excluding carboxylic acids is 1. The number of hydrogen-bond acceptors (Lipinski definition) is 3. The number of amides is 1. The predicted octanol–water partition coefficient (Wildman–Crippen LogP) is 2.37. The van der Waals surface area contributed by atoms with Gasteiger partial charge in [0, 0.05) is 24.1 Å². The van der Waals surface area contributed by atoms with Crippen LogP contribution in [-0.2, 0) is 17.8 Å². The zero-order valence-electron chi connectivity index (χ0n) is 11.6. The number of nitrogens with one attached hydrogen (secondary N) is 2. The van der Waals surface area contributed by atoms with Gasteiger partial charge in [-0.05, 0) is 36.4 Å². The minimum absolute atomic E-state index is 0.0516. The number of hydrogen-bond donors (Lipinski definition) is 2. The van der Waals surface area contributed by atoms with Crippen LogP contribution in [0.1, 0.15) is 18.2 Å². The summed E-state index contributed by atoms with van der Waals surface area (Å²) < 4.78 is 0. The Labute approximate surface area is 119 Å². The molecule has 0 aliphatic heterocycles. The summed E-state index contributed by atoms with van der Waals surface area (Å²) in [5, 5.41) is 6.16. The van der Waals surface area contributed by atoms with Crippen LogP contribution in [-0.4, -0.2) is 17.4 Å². The van der Waals surface area contributed by atoms with Crippen molar-refractivity contribution in [1.29, 1.82) is 0 Å². The number of aromatic nitrogens is 1. The van der Waals surface area contributed by atoms with Gasteiger partial charge >= 0.3 is 0 Å². The molecule has 1 aromatic heterocycles. The quantitative estimate of drug-likeness (QED) is 0.846. The largest absolute Gasteiger partial charge is 0.326 e. The molecule has 1 amide bonds. The molecule has 4 nitrogen and oxygen atoms in total. The minimum Gasteiger partial charge on any atom is -0.326 e. The Morgan fingerprint density at radius 2 is 2.10 bits per heavy atom. The summed E-state index contributed by atoms with van der Waals surface area (Å²) in [6, 6.07) is 13.4. The van der Waals surface area contributed by atoms with E-state index < -0.39 is 0 Å². The maximum Gasteiger partial charge on any atom is 0.230 e. The molecule has 20 heavy (non-hydrogen) atoms. The molecule has 0 saturated heterocycles. The highest BCUT2D eigenvalue weighted by molar-refractivity contribution is 5.92. The summed E-state index contributed by atoms with van der Waals surface area (Å²) in [6.45, 7) is 3.80. The molecule has 0 atom stereocenters. The number of benzene rings is 1. The lowest BCUT2D eigenvalue weighted by Gasteiger charge is -2.07. The number of anilines is 1. The van der Waals surface area contributed by atoms with E-state index >= 15 is 0 Å². The third-order valence-corrected chi connectivity index (χ3v) is 2.86. The van der Waals surface area contributed by atoms with Crippen molar-refractivity contribution in [3.05, 3.63) is 59.9 Å². The van der Waals surface area contributed by atoms with E-state index in [0.29, 0.717) is 0 Å². The van der Waals surface area contributed by atoms with E-state index in [-0.39, 0.29) is 12.3 Å². The third-order valence-electron chi connectivity index (χ3n) is 2.86. The number of nitrogens with zero attached hydrogens (tertiary/aromatic N) is 1. The van der Waals surface area contributed by atoms with Crippen LogP contribution in [0.15, 0.2) is 48.7 Å². The molecule has 1 heterocycles. The van der Waals surface area contributed by atoms with E-state index in [1.807, 2.05) is 42.5 Å². The van der Waals surface area contributed by atoms with E-state index in [9.17, 15) is 4.79 Å². The fourth-order valence-corrected chi connectivity index (χ4v) is 1.90. The Morgan fingerprint density at radius 3 is 2.85 bits per heavy atom. The van der Waals surface area contributed by atoms with Gasteiger partial charge in [0.05, 0.1) is 6.42 Å². The highest BCUT2D eigenvalue weighted by atomic mass is 16.1. The Morgan fingerprint density at radius 1 is 1.20 bits per heavy atom. The van der Waals surface area contributed by atoms with Gasteiger partial charge in [-0.3, -0.25) is 9.78 Å². The maximum atomic E-state index is 11.9. The monoisotopic (exact) mass is 269 g/mol. The second-order valence-corrected chi connectivity index (χ2v) is 4.53. The van der Waals surface area contributed by atoms with Crippen LogP contribution in [0.5, 0.6) is 0 Å². The van der Waals surface area contributed by atoms with Gasteiger partial charge in [-0.25, -0.2) is 0 Å². The molecular formula is C16H19N3O. The van der Waals surface area contributed by atoms with Crippen molar-refractivity contribution in [2.45, 2.75) is 19.9 Å². The van der Waals surface area contributed by atoms with Crippen molar-refractivity contribution in [1.82, 2.24) is 10.3 Å². The summed E-state index contributed by atoms with van der Waals surface area (Å²) in [5.41, 5.74) is 2.75. The first kappa shape index (κ1) is 14.2. The summed E-state index contributed by atoms with van der Waals surface area (Å²) in [6.07, 6.45) is 1.98. The van der Waals surface area contributed by atoms with Gasteiger partial charge in [-0.15, -0.1) is 0 Å². The zero-order chi connectivity index (χ0) is 14.2. The normalized spacial score (nSPS) is 10.2. The zero-order valence-corrected chi connectivity index (χ0v) is 11.6. The second kappa shape index (κ2) is 7.40. The van der Waals surface area contributed by atoms with Crippen LogP contribution in [0.2, 0.25) is 0 Å². The average Bonchev–Trinajstić information content (AvgIpc) is 2.46. The Hall–Kier alpha value is -2.20. The topological polar surface area (TPSA) is 54.0 Å². The molecule has 0 saturated carbocycles. The standard InChI is InChI=1S/C16H19N3O/c1-2-17-12-13-6-5-8-15(10-13)19-16(20)11-14-7-3-4-9-18-14/h3-10,17H,2,11-12H2,1H3,(H,19,20). The number of rotatable bonds is 6. The lowest BCUT2D eigenvalue weighted by Crippen LogP contribution is -2.16. The van der Waals surface area contributed by atoms with E-state index in [2.05, 4.69) is 22.5 Å². The molecule has 4 heteroatoms. The van der Waals surface area contributed by atoms with Crippen LogP contribution in [0, 0.1) is 0 Å². The van der Waals surface area contributed by atoms with Crippen molar-refractivity contribution in [3.8, 4) is 0 Å². The van der Waals surface area contributed by atoms with E-state index in [1.54, 1.807) is 6.20 Å². The van der Waals surface area contributed by atoms with E-state index in [4.69, 9.17) is 0 Å². The van der Waals surface area contributed by atoms with Crippen molar-refractivity contribution < 1.29 is 4.79 Å². The Bertz CT molecular complexity index is 555. The van der Waals surface area contributed by atoms with Crippen LogP contribution >= 0.6 is 0 Å². The van der Waals surface area contributed by atoms with Crippen molar-refractivity contribution >= 4 is 11.6 Å². The van der Waals surface area contributed by atoms with E-state index in [1.165, 1.54) is 0 Å². The Balaban J connectivity index is 1.94. The highest BCUT2D eigenvalue weighted by Gasteiger charge is 2.05. The van der Waals surface area contributed by atoms with Gasteiger partial charge in [0.15, 0.2) is 0 Å².